The van der Waals surface area contributed by atoms with Crippen LogP contribution in [0.1, 0.15) is 149 Å². The molecule has 0 spiro atoms. The first-order chi connectivity index (χ1) is 30.1. The lowest BCUT2D eigenvalue weighted by molar-refractivity contribution is -0.870. The minimum absolute atomic E-state index is 0.171. The van der Waals surface area contributed by atoms with E-state index in [1.165, 1.54) is 32.1 Å². The molecular weight excluding hydrogens is 779 g/mol. The van der Waals surface area contributed by atoms with Crippen molar-refractivity contribution in [2.24, 2.45) is 0 Å². The van der Waals surface area contributed by atoms with Gasteiger partial charge in [-0.15, -0.1) is 0 Å². The van der Waals surface area contributed by atoms with Crippen LogP contribution in [0.4, 0.5) is 0 Å². The van der Waals surface area contributed by atoms with Crippen molar-refractivity contribution in [3.8, 4) is 0 Å². The number of carbonyl (C=O) groups excluding carboxylic acids is 2. The van der Waals surface area contributed by atoms with Gasteiger partial charge in [-0.1, -0.05) is 168 Å². The number of ether oxygens (including phenoxy) is 4. The van der Waals surface area contributed by atoms with Crippen LogP contribution in [-0.2, 0) is 33.3 Å². The molecule has 0 aliphatic carbocycles. The Balaban J connectivity index is 4.41. The molecule has 0 aromatic rings. The van der Waals surface area contributed by atoms with Gasteiger partial charge in [0.2, 0.25) is 0 Å². The fraction of sp³-hybridized carbons (Fsp3) is 0.604. The summed E-state index contributed by atoms with van der Waals surface area (Å²) < 4.78 is 22.6. The van der Waals surface area contributed by atoms with Gasteiger partial charge in [0, 0.05) is 12.8 Å². The van der Waals surface area contributed by atoms with Crippen LogP contribution in [0.15, 0.2) is 109 Å². The lowest BCUT2D eigenvalue weighted by Gasteiger charge is -2.25. The lowest BCUT2D eigenvalue weighted by atomic mass is 10.1. The second-order valence-electron chi connectivity index (χ2n) is 16.3. The first-order valence-corrected chi connectivity index (χ1v) is 23.6. The van der Waals surface area contributed by atoms with E-state index in [9.17, 15) is 19.5 Å². The Labute approximate surface area is 377 Å². The van der Waals surface area contributed by atoms with Crippen molar-refractivity contribution in [3.63, 3.8) is 0 Å². The summed E-state index contributed by atoms with van der Waals surface area (Å²) in [6, 6.07) is 0. The van der Waals surface area contributed by atoms with Crippen LogP contribution in [0.5, 0.6) is 0 Å². The molecule has 0 bridgehead atoms. The van der Waals surface area contributed by atoms with Crippen molar-refractivity contribution in [2.45, 2.75) is 161 Å². The Bertz CT molecular complexity index is 1380. The van der Waals surface area contributed by atoms with Gasteiger partial charge in [-0.05, 0) is 77.0 Å². The number of esters is 2. The van der Waals surface area contributed by atoms with Crippen LogP contribution >= 0.6 is 0 Å². The predicted octanol–water partition coefficient (Wildman–Crippen LogP) is 12.8. The molecule has 0 aromatic heterocycles. The monoisotopic (exact) mass is 865 g/mol. The average molecular weight is 865 g/mol. The van der Waals surface area contributed by atoms with E-state index >= 15 is 0 Å². The molecule has 0 saturated heterocycles. The van der Waals surface area contributed by atoms with Gasteiger partial charge in [-0.3, -0.25) is 9.59 Å². The number of carboxylic acid groups (broad SMARTS) is 1. The zero-order chi connectivity index (χ0) is 45.6. The first-order valence-electron chi connectivity index (χ1n) is 23.6. The maximum Gasteiger partial charge on any atom is 0.361 e. The molecule has 0 aliphatic rings. The molecule has 0 radical (unpaired) electrons. The Morgan fingerprint density at radius 1 is 0.500 bits per heavy atom. The topological polar surface area (TPSA) is 108 Å². The fourth-order valence-corrected chi connectivity index (χ4v) is 5.66. The highest BCUT2D eigenvalue weighted by Gasteiger charge is 2.25. The number of carbonyl (C=O) groups is 3. The summed E-state index contributed by atoms with van der Waals surface area (Å²) in [5.41, 5.74) is 0. The third-order valence-corrected chi connectivity index (χ3v) is 9.29. The summed E-state index contributed by atoms with van der Waals surface area (Å²) in [5.74, 6) is -2.11. The van der Waals surface area contributed by atoms with Gasteiger partial charge in [-0.2, -0.15) is 0 Å². The molecule has 0 amide bonds. The van der Waals surface area contributed by atoms with Crippen molar-refractivity contribution in [1.82, 2.24) is 0 Å². The molecule has 9 heteroatoms. The zero-order valence-electron chi connectivity index (χ0n) is 39.5. The second-order valence-corrected chi connectivity index (χ2v) is 16.3. The van der Waals surface area contributed by atoms with Crippen molar-refractivity contribution in [1.29, 1.82) is 0 Å². The van der Waals surface area contributed by atoms with Crippen molar-refractivity contribution < 1.29 is 42.9 Å². The SMILES string of the molecule is CC/C=C\C/C=C\C/C=C\C/C=C\C/C=C\C/C=C\C/C=C\C/C=C\C/C=C\CCCC(=O)OC(COC(=O)CCCCCCCCCC)COC(OCC[N+](C)(C)C)C(=O)O. The number of carboxylic acids is 1. The molecule has 2 atom stereocenters. The molecule has 350 valence electrons. The second kappa shape index (κ2) is 43.6. The van der Waals surface area contributed by atoms with Crippen LogP contribution < -0.4 is 0 Å². The van der Waals surface area contributed by atoms with Crippen molar-refractivity contribution in [2.75, 3.05) is 47.5 Å². The van der Waals surface area contributed by atoms with E-state index in [1.54, 1.807) is 0 Å². The standard InChI is InChI=1S/C53H85NO8/c1-6-8-10-12-14-16-17-18-19-20-21-22-23-24-25-26-27-28-29-30-31-32-33-34-35-36-38-40-42-44-51(56)62-49(48-61-53(52(57)58)59-46-45-54(3,4)5)47-60-50(55)43-41-39-37-15-13-11-9-7-2/h8,10,14,16,18-19,21-22,24-25,27-28,30-31,33-34,36,38,49,53H,6-7,9,11-13,15,17,20,23,26,29,32,35,37,39-48H2,1-5H3/p+1/b10-8-,16-14-,19-18-,22-21-,25-24-,28-27-,31-30-,34-33-,38-36-. The van der Waals surface area contributed by atoms with Crippen LogP contribution in [0, 0.1) is 0 Å². The molecule has 0 rings (SSSR count). The molecule has 9 nitrogen and oxygen atoms in total. The van der Waals surface area contributed by atoms with Gasteiger partial charge in [0.25, 0.3) is 6.29 Å². The van der Waals surface area contributed by atoms with Crippen LogP contribution in [0.2, 0.25) is 0 Å². The Kier molecular flexibility index (Phi) is 40.7. The average Bonchev–Trinajstić information content (AvgIpc) is 3.23. The number of rotatable bonds is 41. The van der Waals surface area contributed by atoms with Crippen LogP contribution in [0.25, 0.3) is 0 Å². The van der Waals surface area contributed by atoms with E-state index in [4.69, 9.17) is 18.9 Å². The lowest BCUT2D eigenvalue weighted by Crippen LogP contribution is -2.40. The Hall–Kier alpha value is -4.05. The number of allylic oxidation sites excluding steroid dienone is 18. The molecular formula is C53H86NO8+. The summed E-state index contributed by atoms with van der Waals surface area (Å²) in [5, 5.41) is 9.61. The van der Waals surface area contributed by atoms with Gasteiger partial charge in [0.05, 0.1) is 34.4 Å². The van der Waals surface area contributed by atoms with Crippen LogP contribution in [-0.4, -0.2) is 87.4 Å². The van der Waals surface area contributed by atoms with Gasteiger partial charge >= 0.3 is 17.9 Å². The number of unbranched alkanes of at least 4 members (excludes halogenated alkanes) is 8. The maximum atomic E-state index is 12.7. The quantitative estimate of drug-likeness (QED) is 0.0213. The summed E-state index contributed by atoms with van der Waals surface area (Å²) in [6.07, 6.45) is 56.1. The highest BCUT2D eigenvalue weighted by atomic mass is 16.7. The molecule has 62 heavy (non-hydrogen) atoms. The summed E-state index contributed by atoms with van der Waals surface area (Å²) >= 11 is 0. The third kappa shape index (κ3) is 44.0. The highest BCUT2D eigenvalue weighted by molar-refractivity contribution is 5.71. The summed E-state index contributed by atoms with van der Waals surface area (Å²) in [7, 11) is 5.92. The number of hydrogen-bond donors (Lipinski definition) is 1. The predicted molar refractivity (Wildman–Crippen MR) is 258 cm³/mol. The van der Waals surface area contributed by atoms with E-state index < -0.39 is 24.3 Å². The Morgan fingerprint density at radius 3 is 1.35 bits per heavy atom. The van der Waals surface area contributed by atoms with E-state index in [0.29, 0.717) is 23.9 Å². The number of hydrogen-bond acceptors (Lipinski definition) is 7. The normalized spacial score (nSPS) is 13.9. The fourth-order valence-electron chi connectivity index (χ4n) is 5.66. The smallest absolute Gasteiger partial charge is 0.361 e. The highest BCUT2D eigenvalue weighted by Crippen LogP contribution is 2.11. The van der Waals surface area contributed by atoms with E-state index in [-0.39, 0.29) is 38.6 Å². The first kappa shape index (κ1) is 58.0. The minimum Gasteiger partial charge on any atom is -0.477 e. The van der Waals surface area contributed by atoms with Gasteiger partial charge in [0.15, 0.2) is 6.10 Å². The zero-order valence-corrected chi connectivity index (χ0v) is 39.5. The number of quaternary nitrogens is 1. The van der Waals surface area contributed by atoms with Crippen molar-refractivity contribution in [3.05, 3.63) is 109 Å². The molecule has 0 aromatic carbocycles. The molecule has 1 N–H and O–H groups in total. The summed E-state index contributed by atoms with van der Waals surface area (Å²) in [4.78, 5) is 37.0. The number of aliphatic carboxylic acids is 1. The molecule has 0 fully saturated rings. The van der Waals surface area contributed by atoms with E-state index in [1.807, 2.05) is 27.2 Å². The van der Waals surface area contributed by atoms with E-state index in [2.05, 4.69) is 117 Å². The largest absolute Gasteiger partial charge is 0.477 e. The van der Waals surface area contributed by atoms with Crippen LogP contribution in [0.3, 0.4) is 0 Å². The molecule has 0 heterocycles. The van der Waals surface area contributed by atoms with E-state index in [0.717, 1.165) is 77.0 Å². The van der Waals surface area contributed by atoms with Gasteiger partial charge in [-0.25, -0.2) is 4.79 Å². The number of likely N-dealkylation sites (N-methyl/N-ethyl adjacent to an activating group) is 1. The molecule has 2 unspecified atom stereocenters. The summed E-state index contributed by atoms with van der Waals surface area (Å²) in [6.45, 7) is 4.62. The molecule has 0 aliphatic heterocycles. The maximum absolute atomic E-state index is 12.7. The van der Waals surface area contributed by atoms with Crippen molar-refractivity contribution >= 4 is 17.9 Å². The molecule has 0 saturated carbocycles. The van der Waals surface area contributed by atoms with Gasteiger partial charge < -0.3 is 28.5 Å². The minimum atomic E-state index is -1.53. The Morgan fingerprint density at radius 2 is 0.919 bits per heavy atom. The van der Waals surface area contributed by atoms with Gasteiger partial charge in [0.1, 0.15) is 13.2 Å². The number of nitrogens with zero attached hydrogens (tertiary/aromatic N) is 1. The third-order valence-electron chi connectivity index (χ3n) is 9.29.